The van der Waals surface area contributed by atoms with Gasteiger partial charge < -0.3 is 9.47 Å². The molecule has 3 heteroatoms. The number of ether oxygens (including phenoxy) is 2. The zero-order valence-corrected chi connectivity index (χ0v) is 16.6. The highest BCUT2D eigenvalue weighted by atomic mass is 16.5. The quantitative estimate of drug-likeness (QED) is 0.324. The highest BCUT2D eigenvalue weighted by Gasteiger charge is 2.25. The van der Waals surface area contributed by atoms with Crippen LogP contribution in [0.15, 0.2) is 66.8 Å². The molecule has 3 rings (SSSR count). The van der Waals surface area contributed by atoms with Crippen molar-refractivity contribution in [2.24, 2.45) is 11.8 Å². The van der Waals surface area contributed by atoms with Gasteiger partial charge in [-0.25, -0.2) is 0 Å². The first-order valence-corrected chi connectivity index (χ1v) is 9.91. The van der Waals surface area contributed by atoms with E-state index in [2.05, 4.69) is 19.1 Å². The molecule has 1 aliphatic rings. The van der Waals surface area contributed by atoms with Crippen molar-refractivity contribution in [1.82, 2.24) is 0 Å². The number of rotatable bonds is 8. The van der Waals surface area contributed by atoms with Crippen molar-refractivity contribution in [3.05, 3.63) is 77.9 Å². The van der Waals surface area contributed by atoms with Crippen LogP contribution in [-0.2, 0) is 0 Å². The molecule has 0 radical (unpaired) electrons. The molecule has 2 unspecified atom stereocenters. The molecule has 2 aromatic rings. The Labute approximate surface area is 167 Å². The molecule has 1 fully saturated rings. The van der Waals surface area contributed by atoms with Crippen LogP contribution in [0.3, 0.4) is 0 Å². The maximum Gasteiger partial charge on any atom is 0.185 e. The second-order valence-electron chi connectivity index (χ2n) is 7.19. The van der Waals surface area contributed by atoms with Crippen molar-refractivity contribution < 1.29 is 14.3 Å². The Morgan fingerprint density at radius 2 is 1.75 bits per heavy atom. The first-order valence-electron chi connectivity index (χ1n) is 9.91. The SMILES string of the molecule is C/C=C\C1CCCC1COc1ccc(C(=O)/C=C/c2ccc(OC)cc2)cc1. The van der Waals surface area contributed by atoms with Gasteiger partial charge in [0.05, 0.1) is 13.7 Å². The third-order valence-electron chi connectivity index (χ3n) is 5.30. The van der Waals surface area contributed by atoms with Gasteiger partial charge in [0.2, 0.25) is 0 Å². The van der Waals surface area contributed by atoms with Gasteiger partial charge in [0, 0.05) is 5.56 Å². The average Bonchev–Trinajstić information content (AvgIpc) is 3.18. The summed E-state index contributed by atoms with van der Waals surface area (Å²) in [7, 11) is 1.64. The van der Waals surface area contributed by atoms with Gasteiger partial charge in [-0.2, -0.15) is 0 Å². The van der Waals surface area contributed by atoms with Gasteiger partial charge in [-0.05, 0) is 79.6 Å². The molecule has 1 saturated carbocycles. The molecule has 0 aromatic heterocycles. The normalized spacial score (nSPS) is 19.4. The maximum atomic E-state index is 12.4. The predicted octanol–water partition coefficient (Wildman–Crippen LogP) is 5.96. The molecule has 0 amide bonds. The maximum absolute atomic E-state index is 12.4. The van der Waals surface area contributed by atoms with Gasteiger partial charge in [-0.3, -0.25) is 4.79 Å². The predicted molar refractivity (Wildman–Crippen MR) is 114 cm³/mol. The zero-order chi connectivity index (χ0) is 19.8. The van der Waals surface area contributed by atoms with Gasteiger partial charge in [-0.15, -0.1) is 0 Å². The second kappa shape index (κ2) is 9.93. The number of hydrogen-bond donors (Lipinski definition) is 0. The van der Waals surface area contributed by atoms with Crippen molar-refractivity contribution in [2.75, 3.05) is 13.7 Å². The van der Waals surface area contributed by atoms with Crippen LogP contribution >= 0.6 is 0 Å². The number of carbonyl (C=O) groups is 1. The Hall–Kier alpha value is -2.81. The molecule has 28 heavy (non-hydrogen) atoms. The molecule has 0 spiro atoms. The molecule has 0 heterocycles. The number of carbonyl (C=O) groups excluding carboxylic acids is 1. The van der Waals surface area contributed by atoms with Crippen molar-refractivity contribution in [1.29, 1.82) is 0 Å². The topological polar surface area (TPSA) is 35.5 Å². The van der Waals surface area contributed by atoms with Gasteiger partial charge in [0.25, 0.3) is 0 Å². The molecular weight excluding hydrogens is 348 g/mol. The van der Waals surface area contributed by atoms with E-state index in [0.717, 1.165) is 23.7 Å². The highest BCUT2D eigenvalue weighted by Crippen LogP contribution is 2.33. The van der Waals surface area contributed by atoms with Crippen LogP contribution in [-0.4, -0.2) is 19.5 Å². The van der Waals surface area contributed by atoms with Crippen LogP contribution in [0.2, 0.25) is 0 Å². The molecule has 0 N–H and O–H groups in total. The third kappa shape index (κ3) is 5.35. The van der Waals surface area contributed by atoms with E-state index >= 15 is 0 Å². The fourth-order valence-electron chi connectivity index (χ4n) is 3.67. The van der Waals surface area contributed by atoms with Crippen LogP contribution in [0.4, 0.5) is 0 Å². The summed E-state index contributed by atoms with van der Waals surface area (Å²) in [5, 5.41) is 0. The molecule has 1 aliphatic carbocycles. The smallest absolute Gasteiger partial charge is 0.185 e. The van der Waals surface area contributed by atoms with E-state index in [9.17, 15) is 4.79 Å². The van der Waals surface area contributed by atoms with E-state index in [1.165, 1.54) is 19.3 Å². The summed E-state index contributed by atoms with van der Waals surface area (Å²) in [6.07, 6.45) is 11.6. The minimum Gasteiger partial charge on any atom is -0.497 e. The van der Waals surface area contributed by atoms with E-state index in [1.807, 2.05) is 54.6 Å². The summed E-state index contributed by atoms with van der Waals surface area (Å²) in [6.45, 7) is 2.81. The van der Waals surface area contributed by atoms with E-state index in [0.29, 0.717) is 17.4 Å². The molecule has 2 atom stereocenters. The number of allylic oxidation sites excluding steroid dienone is 3. The van der Waals surface area contributed by atoms with Gasteiger partial charge in [0.1, 0.15) is 11.5 Å². The summed E-state index contributed by atoms with van der Waals surface area (Å²) in [5.74, 6) is 2.82. The van der Waals surface area contributed by atoms with Gasteiger partial charge in [0.15, 0.2) is 5.78 Å². The Balaban J connectivity index is 1.54. The molecule has 2 aromatic carbocycles. The summed E-state index contributed by atoms with van der Waals surface area (Å²) >= 11 is 0. The zero-order valence-electron chi connectivity index (χ0n) is 16.6. The Kier molecular flexibility index (Phi) is 7.07. The lowest BCUT2D eigenvalue weighted by Gasteiger charge is -2.17. The lowest BCUT2D eigenvalue weighted by atomic mass is 9.96. The monoisotopic (exact) mass is 376 g/mol. The summed E-state index contributed by atoms with van der Waals surface area (Å²) in [4.78, 5) is 12.4. The molecule has 0 bridgehead atoms. The molecule has 146 valence electrons. The molecule has 3 nitrogen and oxygen atoms in total. The summed E-state index contributed by atoms with van der Waals surface area (Å²) in [6, 6.07) is 15.0. The Bertz CT molecular complexity index is 816. The lowest BCUT2D eigenvalue weighted by Crippen LogP contribution is -2.15. The Morgan fingerprint density at radius 1 is 1.04 bits per heavy atom. The van der Waals surface area contributed by atoms with Crippen molar-refractivity contribution in [3.8, 4) is 11.5 Å². The largest absolute Gasteiger partial charge is 0.497 e. The lowest BCUT2D eigenvalue weighted by molar-refractivity contribution is 0.104. The van der Waals surface area contributed by atoms with E-state index in [4.69, 9.17) is 9.47 Å². The molecule has 0 aliphatic heterocycles. The number of ketones is 1. The van der Waals surface area contributed by atoms with E-state index in [-0.39, 0.29) is 5.78 Å². The van der Waals surface area contributed by atoms with Crippen molar-refractivity contribution >= 4 is 11.9 Å². The average molecular weight is 376 g/mol. The van der Waals surface area contributed by atoms with Gasteiger partial charge in [-0.1, -0.05) is 36.8 Å². The van der Waals surface area contributed by atoms with Crippen molar-refractivity contribution in [2.45, 2.75) is 26.2 Å². The fourth-order valence-corrected chi connectivity index (χ4v) is 3.67. The summed E-state index contributed by atoms with van der Waals surface area (Å²) in [5.41, 5.74) is 1.62. The molecule has 0 saturated heterocycles. The number of hydrogen-bond acceptors (Lipinski definition) is 3. The van der Waals surface area contributed by atoms with Gasteiger partial charge >= 0.3 is 0 Å². The first-order chi connectivity index (χ1) is 13.7. The highest BCUT2D eigenvalue weighted by molar-refractivity contribution is 6.06. The minimum atomic E-state index is -0.0219. The van der Waals surface area contributed by atoms with Crippen LogP contribution in [0.1, 0.15) is 42.1 Å². The second-order valence-corrected chi connectivity index (χ2v) is 7.19. The third-order valence-corrected chi connectivity index (χ3v) is 5.30. The molecular formula is C25H28O3. The first kappa shape index (κ1) is 19.9. The van der Waals surface area contributed by atoms with E-state index in [1.54, 1.807) is 13.2 Å². The van der Waals surface area contributed by atoms with Crippen LogP contribution in [0.5, 0.6) is 11.5 Å². The van der Waals surface area contributed by atoms with Crippen LogP contribution in [0.25, 0.3) is 6.08 Å². The van der Waals surface area contributed by atoms with E-state index < -0.39 is 0 Å². The van der Waals surface area contributed by atoms with Crippen molar-refractivity contribution in [3.63, 3.8) is 0 Å². The number of benzene rings is 2. The van der Waals surface area contributed by atoms with Crippen LogP contribution in [0, 0.1) is 11.8 Å². The minimum absolute atomic E-state index is 0.0219. The fraction of sp³-hybridized carbons (Fsp3) is 0.320. The standard InChI is InChI=1S/C25H28O3/c1-3-5-20-6-4-7-22(20)18-28-24-15-11-21(12-16-24)25(26)17-10-19-8-13-23(27-2)14-9-19/h3,5,8-17,20,22H,4,6-7,18H2,1-2H3/b5-3-,17-10+. The number of methoxy groups -OCH3 is 1. The van der Waals surface area contributed by atoms with Crippen LogP contribution < -0.4 is 9.47 Å². The Morgan fingerprint density at radius 3 is 2.43 bits per heavy atom. The summed E-state index contributed by atoms with van der Waals surface area (Å²) < 4.78 is 11.1.